The molecule has 116 valence electrons. The van der Waals surface area contributed by atoms with E-state index >= 15 is 0 Å². The van der Waals surface area contributed by atoms with Crippen molar-refractivity contribution in [3.05, 3.63) is 0 Å². The van der Waals surface area contributed by atoms with Gasteiger partial charge in [-0.3, -0.25) is 9.59 Å². The molecule has 0 aromatic carbocycles. The number of carboxylic acid groups (broad SMARTS) is 1. The molecule has 1 aliphatic rings. The molecule has 1 amide bonds. The quantitative estimate of drug-likeness (QED) is 0.587. The second-order valence-corrected chi connectivity index (χ2v) is 7.15. The summed E-state index contributed by atoms with van der Waals surface area (Å²) in [5.74, 6) is -1.89. The van der Waals surface area contributed by atoms with Crippen LogP contribution in [0.5, 0.6) is 0 Å². The van der Waals surface area contributed by atoms with E-state index in [0.29, 0.717) is 13.1 Å². The normalized spacial score (nSPS) is 26.1. The molecule has 0 aromatic rings. The lowest BCUT2D eigenvalue weighted by Crippen LogP contribution is -2.53. The first-order valence-corrected chi connectivity index (χ1v) is 7.84. The highest BCUT2D eigenvalue weighted by Gasteiger charge is 2.34. The van der Waals surface area contributed by atoms with Gasteiger partial charge in [0.15, 0.2) is 0 Å². The lowest BCUT2D eigenvalue weighted by atomic mass is 9.94. The van der Waals surface area contributed by atoms with Crippen molar-refractivity contribution in [3.8, 4) is 0 Å². The first-order chi connectivity index (χ1) is 9.11. The van der Waals surface area contributed by atoms with E-state index < -0.39 is 34.5 Å². The van der Waals surface area contributed by atoms with E-state index in [1.54, 1.807) is 0 Å². The SMILES string of the molecule is CC1CC(C)CN(S(=O)(=O)NC(CC(N)=O)C(=O)O)C1. The number of carbonyl (C=O) groups excluding carboxylic acids is 1. The highest BCUT2D eigenvalue weighted by molar-refractivity contribution is 7.87. The van der Waals surface area contributed by atoms with Crippen molar-refractivity contribution in [1.82, 2.24) is 9.03 Å². The molecule has 0 radical (unpaired) electrons. The van der Waals surface area contributed by atoms with E-state index in [0.717, 1.165) is 6.42 Å². The molecule has 0 bridgehead atoms. The summed E-state index contributed by atoms with van der Waals surface area (Å²) in [4.78, 5) is 21.8. The molecule has 1 heterocycles. The van der Waals surface area contributed by atoms with Crippen molar-refractivity contribution in [2.45, 2.75) is 32.7 Å². The second-order valence-electron chi connectivity index (χ2n) is 5.45. The average Bonchev–Trinajstić information content (AvgIpc) is 2.25. The van der Waals surface area contributed by atoms with Crippen molar-refractivity contribution >= 4 is 22.1 Å². The van der Waals surface area contributed by atoms with Crippen LogP contribution in [0.3, 0.4) is 0 Å². The zero-order valence-corrected chi connectivity index (χ0v) is 12.4. The number of hydrogen-bond acceptors (Lipinski definition) is 4. The molecule has 0 saturated carbocycles. The monoisotopic (exact) mass is 307 g/mol. The maximum atomic E-state index is 12.2. The first-order valence-electron chi connectivity index (χ1n) is 6.40. The van der Waals surface area contributed by atoms with Crippen molar-refractivity contribution in [3.63, 3.8) is 0 Å². The Morgan fingerprint density at radius 1 is 1.35 bits per heavy atom. The lowest BCUT2D eigenvalue weighted by Gasteiger charge is -2.34. The van der Waals surface area contributed by atoms with Gasteiger partial charge in [0, 0.05) is 13.1 Å². The maximum Gasteiger partial charge on any atom is 0.322 e. The van der Waals surface area contributed by atoms with Crippen LogP contribution >= 0.6 is 0 Å². The van der Waals surface area contributed by atoms with Gasteiger partial charge in [-0.2, -0.15) is 17.4 Å². The number of nitrogens with one attached hydrogen (secondary N) is 1. The molecule has 1 aliphatic heterocycles. The lowest BCUT2D eigenvalue weighted by molar-refractivity contribution is -0.140. The Bertz CT molecular complexity index is 468. The van der Waals surface area contributed by atoms with Gasteiger partial charge in [-0.15, -0.1) is 0 Å². The standard InChI is InChI=1S/C11H21N3O5S/c1-7-3-8(2)6-14(5-7)20(18,19)13-9(11(16)17)4-10(12)15/h7-9,13H,3-6H2,1-2H3,(H2,12,15)(H,16,17). The molecule has 1 fully saturated rings. The van der Waals surface area contributed by atoms with Gasteiger partial charge in [0.05, 0.1) is 6.42 Å². The van der Waals surface area contributed by atoms with Gasteiger partial charge < -0.3 is 10.8 Å². The van der Waals surface area contributed by atoms with Crippen LogP contribution in [0.15, 0.2) is 0 Å². The smallest absolute Gasteiger partial charge is 0.322 e. The van der Waals surface area contributed by atoms with Crippen LogP contribution in [-0.4, -0.2) is 48.8 Å². The summed E-state index contributed by atoms with van der Waals surface area (Å²) in [5.41, 5.74) is 4.92. The van der Waals surface area contributed by atoms with Gasteiger partial charge in [-0.05, 0) is 18.3 Å². The largest absolute Gasteiger partial charge is 0.480 e. The van der Waals surface area contributed by atoms with E-state index in [1.165, 1.54) is 4.31 Å². The summed E-state index contributed by atoms with van der Waals surface area (Å²) < 4.78 is 27.6. The van der Waals surface area contributed by atoms with Gasteiger partial charge >= 0.3 is 5.97 Å². The predicted molar refractivity (Wildman–Crippen MR) is 71.8 cm³/mol. The molecule has 20 heavy (non-hydrogen) atoms. The number of rotatable bonds is 6. The Balaban J connectivity index is 2.81. The second kappa shape index (κ2) is 6.51. The minimum Gasteiger partial charge on any atom is -0.480 e. The van der Waals surface area contributed by atoms with Crippen LogP contribution < -0.4 is 10.5 Å². The van der Waals surface area contributed by atoms with Crippen LogP contribution in [0.1, 0.15) is 26.7 Å². The molecule has 8 nitrogen and oxygen atoms in total. The molecule has 0 aliphatic carbocycles. The molecule has 0 spiro atoms. The fraction of sp³-hybridized carbons (Fsp3) is 0.818. The topological polar surface area (TPSA) is 130 Å². The molecule has 4 N–H and O–H groups in total. The molecule has 3 unspecified atom stereocenters. The fourth-order valence-electron chi connectivity index (χ4n) is 2.44. The number of carbonyl (C=O) groups is 2. The summed E-state index contributed by atoms with van der Waals surface area (Å²) in [6.07, 6.45) is 0.350. The molecule has 3 atom stereocenters. The van der Waals surface area contributed by atoms with Gasteiger partial charge in [0.1, 0.15) is 6.04 Å². The molecule has 1 rings (SSSR count). The van der Waals surface area contributed by atoms with E-state index in [2.05, 4.69) is 0 Å². The Kier molecular flexibility index (Phi) is 5.49. The van der Waals surface area contributed by atoms with Crippen LogP contribution in [0.2, 0.25) is 0 Å². The number of carboxylic acids is 1. The number of nitrogens with two attached hydrogens (primary N) is 1. The number of amides is 1. The predicted octanol–water partition coefficient (Wildman–Crippen LogP) is -0.873. The first kappa shape index (κ1) is 16.9. The summed E-state index contributed by atoms with van der Waals surface area (Å²) in [6, 6.07) is -1.54. The van der Waals surface area contributed by atoms with Crippen molar-refractivity contribution in [1.29, 1.82) is 0 Å². The Morgan fingerprint density at radius 2 is 1.85 bits per heavy atom. The number of nitrogens with zero attached hydrogens (tertiary/aromatic N) is 1. The van der Waals surface area contributed by atoms with E-state index in [4.69, 9.17) is 10.8 Å². The van der Waals surface area contributed by atoms with E-state index in [-0.39, 0.29) is 11.8 Å². The minimum atomic E-state index is -3.94. The number of aliphatic carboxylic acids is 1. The third kappa shape index (κ3) is 4.73. The summed E-state index contributed by atoms with van der Waals surface area (Å²) in [6.45, 7) is 4.55. The van der Waals surface area contributed by atoms with Crippen LogP contribution in [-0.2, 0) is 19.8 Å². The van der Waals surface area contributed by atoms with Crippen LogP contribution in [0, 0.1) is 11.8 Å². The third-order valence-electron chi connectivity index (χ3n) is 3.17. The zero-order chi connectivity index (χ0) is 15.5. The van der Waals surface area contributed by atoms with Gasteiger partial charge in [-0.25, -0.2) is 0 Å². The van der Waals surface area contributed by atoms with Crippen LogP contribution in [0.25, 0.3) is 0 Å². The third-order valence-corrected chi connectivity index (χ3v) is 4.73. The van der Waals surface area contributed by atoms with Crippen molar-refractivity contribution in [2.75, 3.05) is 13.1 Å². The molecular weight excluding hydrogens is 286 g/mol. The average molecular weight is 307 g/mol. The van der Waals surface area contributed by atoms with Crippen molar-refractivity contribution in [2.24, 2.45) is 17.6 Å². The molecular formula is C11H21N3O5S. The summed E-state index contributed by atoms with van der Waals surface area (Å²) in [5, 5.41) is 8.93. The highest BCUT2D eigenvalue weighted by atomic mass is 32.2. The number of primary amides is 1. The van der Waals surface area contributed by atoms with E-state index in [1.807, 2.05) is 18.6 Å². The van der Waals surface area contributed by atoms with Gasteiger partial charge in [0.2, 0.25) is 5.91 Å². The minimum absolute atomic E-state index is 0.203. The summed E-state index contributed by atoms with van der Waals surface area (Å²) >= 11 is 0. The Morgan fingerprint density at radius 3 is 2.25 bits per heavy atom. The molecule has 1 saturated heterocycles. The van der Waals surface area contributed by atoms with E-state index in [9.17, 15) is 18.0 Å². The highest BCUT2D eigenvalue weighted by Crippen LogP contribution is 2.22. The Labute approximate surface area is 118 Å². The van der Waals surface area contributed by atoms with Gasteiger partial charge in [-0.1, -0.05) is 13.8 Å². The summed E-state index contributed by atoms with van der Waals surface area (Å²) in [7, 11) is -3.94. The number of piperidine rings is 1. The van der Waals surface area contributed by atoms with Crippen molar-refractivity contribution < 1.29 is 23.1 Å². The molecule has 0 aromatic heterocycles. The van der Waals surface area contributed by atoms with Gasteiger partial charge in [0.25, 0.3) is 10.2 Å². The molecule has 9 heteroatoms. The fourth-order valence-corrected chi connectivity index (χ4v) is 4.03. The maximum absolute atomic E-state index is 12.2. The number of hydrogen-bond donors (Lipinski definition) is 3. The Hall–Kier alpha value is -1.19. The van der Waals surface area contributed by atoms with Crippen LogP contribution in [0.4, 0.5) is 0 Å². The zero-order valence-electron chi connectivity index (χ0n) is 11.6.